The summed E-state index contributed by atoms with van der Waals surface area (Å²) in [5.74, 6) is 0.390. The SMILES string of the molecule is CC1CCCN(c2ccc(C(=O)c3ccc(Cl)c(S(N)(=O)=O)c3)cc2)C1. The van der Waals surface area contributed by atoms with Crippen molar-refractivity contribution >= 4 is 33.1 Å². The van der Waals surface area contributed by atoms with E-state index >= 15 is 0 Å². The first-order valence-corrected chi connectivity index (χ1v) is 10.4. The van der Waals surface area contributed by atoms with Crippen molar-refractivity contribution in [2.45, 2.75) is 24.7 Å². The molecule has 0 aliphatic carbocycles. The minimum Gasteiger partial charge on any atom is -0.371 e. The Morgan fingerprint density at radius 1 is 1.15 bits per heavy atom. The summed E-state index contributed by atoms with van der Waals surface area (Å²) in [6.45, 7) is 4.28. The maximum absolute atomic E-state index is 12.7. The number of anilines is 1. The Morgan fingerprint density at radius 3 is 2.42 bits per heavy atom. The number of benzene rings is 2. The quantitative estimate of drug-likeness (QED) is 0.808. The van der Waals surface area contributed by atoms with Crippen LogP contribution in [0.5, 0.6) is 0 Å². The normalized spacial score (nSPS) is 18.0. The minimum atomic E-state index is -3.99. The molecule has 0 aromatic heterocycles. The van der Waals surface area contributed by atoms with E-state index in [1.807, 2.05) is 12.1 Å². The second kappa shape index (κ2) is 7.39. The molecule has 1 fully saturated rings. The molecule has 2 aromatic rings. The Morgan fingerprint density at radius 2 is 1.81 bits per heavy atom. The molecule has 0 amide bonds. The van der Waals surface area contributed by atoms with Crippen molar-refractivity contribution in [3.8, 4) is 0 Å². The van der Waals surface area contributed by atoms with Gasteiger partial charge in [-0.2, -0.15) is 0 Å². The first-order chi connectivity index (χ1) is 12.3. The van der Waals surface area contributed by atoms with Crippen LogP contribution in [0.15, 0.2) is 47.4 Å². The van der Waals surface area contributed by atoms with Crippen LogP contribution in [0.2, 0.25) is 5.02 Å². The van der Waals surface area contributed by atoms with Crippen molar-refractivity contribution in [2.24, 2.45) is 11.1 Å². The van der Waals surface area contributed by atoms with Crippen molar-refractivity contribution in [2.75, 3.05) is 18.0 Å². The molecule has 7 heteroatoms. The smallest absolute Gasteiger partial charge is 0.239 e. The van der Waals surface area contributed by atoms with E-state index < -0.39 is 10.0 Å². The highest BCUT2D eigenvalue weighted by Crippen LogP contribution is 2.25. The number of halogens is 1. The molecule has 0 spiro atoms. The number of piperidine rings is 1. The van der Waals surface area contributed by atoms with Crippen molar-refractivity contribution in [3.05, 3.63) is 58.6 Å². The van der Waals surface area contributed by atoms with Crippen LogP contribution in [0.3, 0.4) is 0 Å². The van der Waals surface area contributed by atoms with E-state index in [1.54, 1.807) is 12.1 Å². The molecule has 5 nitrogen and oxygen atoms in total. The van der Waals surface area contributed by atoms with Gasteiger partial charge in [0.05, 0.1) is 5.02 Å². The number of nitrogens with zero attached hydrogens (tertiary/aromatic N) is 1. The molecule has 3 rings (SSSR count). The minimum absolute atomic E-state index is 0.00128. The lowest BCUT2D eigenvalue weighted by Gasteiger charge is -2.32. The molecule has 1 unspecified atom stereocenters. The van der Waals surface area contributed by atoms with Crippen molar-refractivity contribution in [3.63, 3.8) is 0 Å². The third-order valence-corrected chi connectivity index (χ3v) is 6.04. The van der Waals surface area contributed by atoms with Gasteiger partial charge in [0.1, 0.15) is 4.90 Å². The molecular formula is C19H21ClN2O3S. The number of nitrogens with two attached hydrogens (primary N) is 1. The van der Waals surface area contributed by atoms with Gasteiger partial charge >= 0.3 is 0 Å². The van der Waals surface area contributed by atoms with Gasteiger partial charge in [-0.05, 0) is 61.2 Å². The van der Waals surface area contributed by atoms with E-state index in [0.717, 1.165) is 18.8 Å². The van der Waals surface area contributed by atoms with Crippen molar-refractivity contribution in [1.82, 2.24) is 0 Å². The zero-order chi connectivity index (χ0) is 18.9. The van der Waals surface area contributed by atoms with E-state index in [9.17, 15) is 13.2 Å². The van der Waals surface area contributed by atoms with E-state index in [1.165, 1.54) is 31.0 Å². The number of primary sulfonamides is 1. The topological polar surface area (TPSA) is 80.5 Å². The summed E-state index contributed by atoms with van der Waals surface area (Å²) in [5.41, 5.74) is 1.81. The Kier molecular flexibility index (Phi) is 5.37. The monoisotopic (exact) mass is 392 g/mol. The van der Waals surface area contributed by atoms with Crippen molar-refractivity contribution < 1.29 is 13.2 Å². The summed E-state index contributed by atoms with van der Waals surface area (Å²) in [7, 11) is -3.99. The van der Waals surface area contributed by atoms with Gasteiger partial charge < -0.3 is 4.90 Å². The van der Waals surface area contributed by atoms with Crippen LogP contribution in [0, 0.1) is 5.92 Å². The number of carbonyl (C=O) groups is 1. The van der Waals surface area contributed by atoms with Crippen LogP contribution in [-0.2, 0) is 10.0 Å². The molecule has 0 radical (unpaired) electrons. The molecule has 2 aromatic carbocycles. The Balaban J connectivity index is 1.85. The fraction of sp³-hybridized carbons (Fsp3) is 0.316. The van der Waals surface area contributed by atoms with Crippen molar-refractivity contribution in [1.29, 1.82) is 0 Å². The predicted octanol–water partition coefficient (Wildman–Crippen LogP) is 3.45. The summed E-state index contributed by atoms with van der Waals surface area (Å²) in [5, 5.41) is 5.15. The zero-order valence-electron chi connectivity index (χ0n) is 14.5. The molecule has 1 saturated heterocycles. The third kappa shape index (κ3) is 4.09. The van der Waals surface area contributed by atoms with Gasteiger partial charge in [0, 0.05) is 29.9 Å². The van der Waals surface area contributed by atoms with Gasteiger partial charge in [-0.3, -0.25) is 4.79 Å². The summed E-state index contributed by atoms with van der Waals surface area (Å²) < 4.78 is 23.2. The average Bonchev–Trinajstić information content (AvgIpc) is 2.61. The zero-order valence-corrected chi connectivity index (χ0v) is 16.1. The van der Waals surface area contributed by atoms with Gasteiger partial charge in [-0.15, -0.1) is 0 Å². The molecule has 1 aliphatic heterocycles. The lowest BCUT2D eigenvalue weighted by molar-refractivity contribution is 0.103. The molecule has 26 heavy (non-hydrogen) atoms. The molecule has 0 saturated carbocycles. The average molecular weight is 393 g/mol. The van der Waals surface area contributed by atoms with E-state index in [-0.39, 0.29) is 21.3 Å². The first kappa shape index (κ1) is 18.9. The van der Waals surface area contributed by atoms with Gasteiger partial charge in [0.25, 0.3) is 0 Å². The summed E-state index contributed by atoms with van der Waals surface area (Å²) in [4.78, 5) is 14.8. The van der Waals surface area contributed by atoms with Crippen LogP contribution in [-0.4, -0.2) is 27.3 Å². The lowest BCUT2D eigenvalue weighted by Crippen LogP contribution is -2.34. The fourth-order valence-corrected chi connectivity index (χ4v) is 4.35. The number of hydrogen-bond acceptors (Lipinski definition) is 4. The van der Waals surface area contributed by atoms with Gasteiger partial charge in [-0.25, -0.2) is 13.6 Å². The van der Waals surface area contributed by atoms with E-state index in [4.69, 9.17) is 16.7 Å². The largest absolute Gasteiger partial charge is 0.371 e. The van der Waals surface area contributed by atoms with E-state index in [0.29, 0.717) is 11.5 Å². The third-order valence-electron chi connectivity index (χ3n) is 4.65. The number of rotatable bonds is 4. The number of sulfonamides is 1. The van der Waals surface area contributed by atoms with Crippen LogP contribution in [0.4, 0.5) is 5.69 Å². The Hall–Kier alpha value is -1.89. The Bertz CT molecular complexity index is 926. The number of ketones is 1. The molecule has 1 heterocycles. The highest BCUT2D eigenvalue weighted by molar-refractivity contribution is 7.89. The highest BCUT2D eigenvalue weighted by atomic mass is 35.5. The molecule has 0 bridgehead atoms. The Labute approximate surface area is 158 Å². The second-order valence-corrected chi connectivity index (χ2v) is 8.70. The van der Waals surface area contributed by atoms with E-state index in [2.05, 4.69) is 11.8 Å². The fourth-order valence-electron chi connectivity index (χ4n) is 3.28. The summed E-state index contributed by atoms with van der Waals surface area (Å²) >= 11 is 5.87. The number of carbonyl (C=O) groups excluding carboxylic acids is 1. The standard InChI is InChI=1S/C19H21ClN2O3S/c1-13-3-2-10-22(12-13)16-7-4-14(5-8-16)19(23)15-6-9-17(20)18(11-15)26(21,24)25/h4-9,11,13H,2-3,10,12H2,1H3,(H2,21,24,25). The summed E-state index contributed by atoms with van der Waals surface area (Å²) in [6, 6.07) is 11.5. The molecular weight excluding hydrogens is 372 g/mol. The van der Waals surface area contributed by atoms with Gasteiger partial charge in [0.15, 0.2) is 5.78 Å². The maximum atomic E-state index is 12.7. The van der Waals surface area contributed by atoms with Crippen LogP contribution < -0.4 is 10.0 Å². The van der Waals surface area contributed by atoms with Crippen LogP contribution in [0.1, 0.15) is 35.7 Å². The number of hydrogen-bond donors (Lipinski definition) is 1. The van der Waals surface area contributed by atoms with Gasteiger partial charge in [0.2, 0.25) is 10.0 Å². The lowest BCUT2D eigenvalue weighted by atomic mass is 9.99. The summed E-state index contributed by atoms with van der Waals surface area (Å²) in [6.07, 6.45) is 2.42. The predicted molar refractivity (Wildman–Crippen MR) is 103 cm³/mol. The molecule has 1 aliphatic rings. The molecule has 138 valence electrons. The van der Waals surface area contributed by atoms with Crippen LogP contribution >= 0.6 is 11.6 Å². The van der Waals surface area contributed by atoms with Crippen LogP contribution in [0.25, 0.3) is 0 Å². The molecule has 2 N–H and O–H groups in total. The molecule has 1 atom stereocenters. The maximum Gasteiger partial charge on any atom is 0.239 e. The first-order valence-electron chi connectivity index (χ1n) is 8.48. The van der Waals surface area contributed by atoms with Gasteiger partial charge in [-0.1, -0.05) is 18.5 Å². The second-order valence-electron chi connectivity index (χ2n) is 6.76. The highest BCUT2D eigenvalue weighted by Gasteiger charge is 2.19.